The molecule has 0 fully saturated rings. The van der Waals surface area contributed by atoms with Crippen molar-refractivity contribution in [2.24, 2.45) is 0 Å². The van der Waals surface area contributed by atoms with E-state index in [1.807, 2.05) is 61.0 Å². The first kappa shape index (κ1) is 12.4. The molecule has 0 atom stereocenters. The zero-order valence-electron chi connectivity index (χ0n) is 11.4. The fourth-order valence-corrected chi connectivity index (χ4v) is 2.08. The molecule has 2 aromatic heterocycles. The summed E-state index contributed by atoms with van der Waals surface area (Å²) in [4.78, 5) is 16.4. The van der Waals surface area contributed by atoms with E-state index in [1.165, 1.54) is 5.56 Å². The topological polar surface area (TPSA) is 46.4 Å². The van der Waals surface area contributed by atoms with Gasteiger partial charge in [-0.15, -0.1) is 0 Å². The van der Waals surface area contributed by atoms with E-state index in [0.29, 0.717) is 5.56 Å². The molecule has 1 amide bonds. The molecule has 100 valence electrons. The number of carbonyl (C=O) groups excluding carboxylic acids is 1. The number of hydrogen-bond donors (Lipinski definition) is 1. The number of imidazole rings is 1. The number of rotatable bonds is 2. The number of nitrogens with one attached hydrogen (secondary N) is 1. The molecule has 0 saturated carbocycles. The Morgan fingerprint density at radius 1 is 1.15 bits per heavy atom. The molecule has 0 unspecified atom stereocenters. The van der Waals surface area contributed by atoms with Crippen molar-refractivity contribution in [2.45, 2.75) is 13.8 Å². The van der Waals surface area contributed by atoms with Crippen LogP contribution < -0.4 is 5.32 Å². The molecule has 3 aromatic rings. The van der Waals surface area contributed by atoms with Crippen LogP contribution in [-0.2, 0) is 0 Å². The van der Waals surface area contributed by atoms with Gasteiger partial charge >= 0.3 is 0 Å². The molecule has 3 rings (SSSR count). The highest BCUT2D eigenvalue weighted by atomic mass is 16.1. The molecule has 0 spiro atoms. The number of nitrogens with zero attached hydrogens (tertiary/aromatic N) is 2. The summed E-state index contributed by atoms with van der Waals surface area (Å²) in [6.45, 7) is 4.04. The van der Waals surface area contributed by atoms with Gasteiger partial charge in [-0.25, -0.2) is 4.98 Å². The van der Waals surface area contributed by atoms with Crippen LogP contribution in [0, 0.1) is 13.8 Å². The lowest BCUT2D eigenvalue weighted by Gasteiger charge is -2.07. The standard InChI is InChI=1S/C16H15N3O/c1-11-3-4-13(9-12(11)2)16(20)18-14-5-6-15-17-7-8-19(15)10-14/h3-10H,1-2H3,(H,18,20). The molecule has 0 saturated heterocycles. The second-order valence-electron chi connectivity index (χ2n) is 4.86. The van der Waals surface area contributed by atoms with Gasteiger partial charge in [0.25, 0.3) is 5.91 Å². The fourth-order valence-electron chi connectivity index (χ4n) is 2.08. The average Bonchev–Trinajstić information content (AvgIpc) is 2.89. The lowest BCUT2D eigenvalue weighted by Crippen LogP contribution is -2.12. The Morgan fingerprint density at radius 3 is 2.80 bits per heavy atom. The van der Waals surface area contributed by atoms with E-state index >= 15 is 0 Å². The second kappa shape index (κ2) is 4.81. The summed E-state index contributed by atoms with van der Waals surface area (Å²) in [5, 5.41) is 2.90. The SMILES string of the molecule is Cc1ccc(C(=O)Nc2ccc3nccn3c2)cc1C. The average molecular weight is 265 g/mol. The minimum atomic E-state index is -0.104. The minimum absolute atomic E-state index is 0.104. The highest BCUT2D eigenvalue weighted by molar-refractivity contribution is 6.04. The van der Waals surface area contributed by atoms with Crippen LogP contribution in [0.2, 0.25) is 0 Å². The van der Waals surface area contributed by atoms with Crippen molar-refractivity contribution in [1.29, 1.82) is 0 Å². The Balaban J connectivity index is 1.85. The molecule has 1 N–H and O–H groups in total. The number of hydrogen-bond acceptors (Lipinski definition) is 2. The van der Waals surface area contributed by atoms with Gasteiger partial charge in [0, 0.05) is 24.2 Å². The number of aromatic nitrogens is 2. The Hall–Kier alpha value is -2.62. The monoisotopic (exact) mass is 265 g/mol. The van der Waals surface area contributed by atoms with Gasteiger partial charge in [0.2, 0.25) is 0 Å². The smallest absolute Gasteiger partial charge is 0.255 e. The highest BCUT2D eigenvalue weighted by Crippen LogP contribution is 2.14. The van der Waals surface area contributed by atoms with Crippen LogP contribution in [-0.4, -0.2) is 15.3 Å². The number of amides is 1. The van der Waals surface area contributed by atoms with Crippen molar-refractivity contribution < 1.29 is 4.79 Å². The van der Waals surface area contributed by atoms with Crippen molar-refractivity contribution in [3.8, 4) is 0 Å². The van der Waals surface area contributed by atoms with Crippen molar-refractivity contribution in [2.75, 3.05) is 5.32 Å². The van der Waals surface area contributed by atoms with E-state index in [0.717, 1.165) is 16.9 Å². The summed E-state index contributed by atoms with van der Waals surface area (Å²) < 4.78 is 1.87. The minimum Gasteiger partial charge on any atom is -0.321 e. The molecule has 0 aliphatic rings. The van der Waals surface area contributed by atoms with E-state index in [1.54, 1.807) is 6.20 Å². The second-order valence-corrected chi connectivity index (χ2v) is 4.86. The van der Waals surface area contributed by atoms with Gasteiger partial charge in [-0.05, 0) is 49.2 Å². The van der Waals surface area contributed by atoms with E-state index in [9.17, 15) is 4.79 Å². The van der Waals surface area contributed by atoms with Crippen LogP contribution in [0.4, 0.5) is 5.69 Å². The van der Waals surface area contributed by atoms with E-state index in [-0.39, 0.29) is 5.91 Å². The molecule has 0 radical (unpaired) electrons. The van der Waals surface area contributed by atoms with Crippen molar-refractivity contribution in [3.05, 3.63) is 65.6 Å². The Bertz CT molecular complexity index is 789. The maximum Gasteiger partial charge on any atom is 0.255 e. The maximum atomic E-state index is 12.2. The Morgan fingerprint density at radius 2 is 2.00 bits per heavy atom. The van der Waals surface area contributed by atoms with Crippen LogP contribution in [0.1, 0.15) is 21.5 Å². The molecular formula is C16H15N3O. The largest absolute Gasteiger partial charge is 0.321 e. The van der Waals surface area contributed by atoms with Gasteiger partial charge in [-0.1, -0.05) is 6.07 Å². The summed E-state index contributed by atoms with van der Waals surface area (Å²) in [6.07, 6.45) is 5.42. The lowest BCUT2D eigenvalue weighted by molar-refractivity contribution is 0.102. The molecular weight excluding hydrogens is 250 g/mol. The van der Waals surface area contributed by atoms with Crippen LogP contribution >= 0.6 is 0 Å². The van der Waals surface area contributed by atoms with Gasteiger partial charge < -0.3 is 9.72 Å². The first-order valence-corrected chi connectivity index (χ1v) is 6.45. The molecule has 0 aliphatic carbocycles. The van der Waals surface area contributed by atoms with Gasteiger partial charge in [-0.3, -0.25) is 4.79 Å². The van der Waals surface area contributed by atoms with Crippen molar-refractivity contribution in [1.82, 2.24) is 9.38 Å². The predicted octanol–water partition coefficient (Wildman–Crippen LogP) is 3.20. The zero-order chi connectivity index (χ0) is 14.1. The molecule has 0 aliphatic heterocycles. The van der Waals surface area contributed by atoms with E-state index in [4.69, 9.17) is 0 Å². The highest BCUT2D eigenvalue weighted by Gasteiger charge is 2.07. The summed E-state index contributed by atoms with van der Waals surface area (Å²) >= 11 is 0. The summed E-state index contributed by atoms with van der Waals surface area (Å²) in [6, 6.07) is 9.43. The van der Waals surface area contributed by atoms with Crippen LogP contribution in [0.3, 0.4) is 0 Å². The number of pyridine rings is 1. The number of anilines is 1. The molecule has 4 nitrogen and oxygen atoms in total. The quantitative estimate of drug-likeness (QED) is 0.773. The van der Waals surface area contributed by atoms with Crippen LogP contribution in [0.25, 0.3) is 5.65 Å². The molecule has 20 heavy (non-hydrogen) atoms. The normalized spacial score (nSPS) is 10.7. The van der Waals surface area contributed by atoms with Crippen molar-refractivity contribution in [3.63, 3.8) is 0 Å². The lowest BCUT2D eigenvalue weighted by atomic mass is 10.1. The summed E-state index contributed by atoms with van der Waals surface area (Å²) in [5.41, 5.74) is 4.57. The molecule has 2 heterocycles. The van der Waals surface area contributed by atoms with Crippen LogP contribution in [0.15, 0.2) is 48.9 Å². The zero-order valence-corrected chi connectivity index (χ0v) is 11.4. The first-order chi connectivity index (χ1) is 9.63. The van der Waals surface area contributed by atoms with Gasteiger partial charge in [-0.2, -0.15) is 0 Å². The van der Waals surface area contributed by atoms with Crippen molar-refractivity contribution >= 4 is 17.2 Å². The molecule has 1 aromatic carbocycles. The van der Waals surface area contributed by atoms with Gasteiger partial charge in [0.15, 0.2) is 0 Å². The van der Waals surface area contributed by atoms with Crippen LogP contribution in [0.5, 0.6) is 0 Å². The number of fused-ring (bicyclic) bond motifs is 1. The maximum absolute atomic E-state index is 12.2. The molecule has 0 bridgehead atoms. The third-order valence-electron chi connectivity index (χ3n) is 3.42. The Kier molecular flexibility index (Phi) is 2.99. The fraction of sp³-hybridized carbons (Fsp3) is 0.125. The number of benzene rings is 1. The third kappa shape index (κ3) is 2.28. The number of aryl methyl sites for hydroxylation is 2. The molecule has 4 heteroatoms. The predicted molar refractivity (Wildman–Crippen MR) is 79.1 cm³/mol. The summed E-state index contributed by atoms with van der Waals surface area (Å²) in [5.74, 6) is -0.104. The van der Waals surface area contributed by atoms with E-state index in [2.05, 4.69) is 10.3 Å². The first-order valence-electron chi connectivity index (χ1n) is 6.45. The summed E-state index contributed by atoms with van der Waals surface area (Å²) in [7, 11) is 0. The number of carbonyl (C=O) groups is 1. The van der Waals surface area contributed by atoms with Gasteiger partial charge in [0.1, 0.15) is 5.65 Å². The van der Waals surface area contributed by atoms with Gasteiger partial charge in [0.05, 0.1) is 5.69 Å². The van der Waals surface area contributed by atoms with E-state index < -0.39 is 0 Å². The third-order valence-corrected chi connectivity index (χ3v) is 3.42. The Labute approximate surface area is 117 Å².